The van der Waals surface area contributed by atoms with Crippen molar-refractivity contribution in [1.29, 1.82) is 0 Å². The smallest absolute Gasteiger partial charge is 0.354 e. The third kappa shape index (κ3) is 4.83. The maximum Gasteiger partial charge on any atom is 0.354 e. The molecule has 8 nitrogen and oxygen atoms in total. The molecule has 0 unspecified atom stereocenters. The number of ether oxygens (including phenoxy) is 1. The highest BCUT2D eigenvalue weighted by Crippen LogP contribution is 2.54. The first kappa shape index (κ1) is 26.9. The Bertz CT molecular complexity index is 1770. The molecule has 4 aliphatic rings. The molecule has 3 saturated carbocycles. The van der Waals surface area contributed by atoms with Crippen LogP contribution in [0.2, 0.25) is 10.0 Å². The molecule has 0 spiro atoms. The number of rotatable bonds is 8. The molecule has 8 rings (SSSR count). The van der Waals surface area contributed by atoms with Gasteiger partial charge in [0.15, 0.2) is 5.69 Å². The maximum absolute atomic E-state index is 13.4. The Morgan fingerprint density at radius 3 is 2.53 bits per heavy atom. The summed E-state index contributed by atoms with van der Waals surface area (Å²) in [4.78, 5) is 22.4. The minimum Gasteiger partial charge on any atom is -0.489 e. The molecule has 1 N–H and O–H groups in total. The second-order valence-electron chi connectivity index (χ2n) is 12.1. The van der Waals surface area contributed by atoms with E-state index in [1.165, 1.54) is 6.07 Å². The van der Waals surface area contributed by atoms with Crippen LogP contribution in [0.25, 0.3) is 28.2 Å². The zero-order valence-corrected chi connectivity index (χ0v) is 24.4. The Balaban J connectivity index is 1.02. The molecule has 1 aliphatic heterocycles. The summed E-state index contributed by atoms with van der Waals surface area (Å²) in [6, 6.07) is 7.28. The monoisotopic (exact) mass is 620 g/mol. The van der Waals surface area contributed by atoms with Crippen LogP contribution in [0.3, 0.4) is 0 Å². The highest BCUT2D eigenvalue weighted by Gasteiger charge is 2.54. The number of pyridine rings is 2. The van der Waals surface area contributed by atoms with E-state index >= 15 is 0 Å². The number of piperidine rings is 1. The van der Waals surface area contributed by atoms with E-state index in [0.717, 1.165) is 48.3 Å². The number of anilines is 1. The number of aromatic carboxylic acids is 1. The average molecular weight is 621 g/mol. The van der Waals surface area contributed by atoms with Gasteiger partial charge in [-0.25, -0.2) is 14.2 Å². The van der Waals surface area contributed by atoms with Crippen molar-refractivity contribution in [2.24, 2.45) is 17.8 Å². The summed E-state index contributed by atoms with van der Waals surface area (Å²) in [6.07, 6.45) is 9.22. The molecule has 0 amide bonds. The van der Waals surface area contributed by atoms with E-state index in [1.54, 1.807) is 12.4 Å². The number of halogens is 3. The molecule has 2 atom stereocenters. The average Bonchev–Trinajstić information content (AvgIpc) is 3.83. The summed E-state index contributed by atoms with van der Waals surface area (Å²) >= 11 is 12.9. The van der Waals surface area contributed by atoms with Gasteiger partial charge in [-0.1, -0.05) is 40.5 Å². The number of benzene rings is 1. The van der Waals surface area contributed by atoms with Gasteiger partial charge in [0.2, 0.25) is 0 Å². The third-order valence-electron chi connectivity index (χ3n) is 9.21. The molecule has 11 heteroatoms. The molecule has 1 aromatic carbocycles. The van der Waals surface area contributed by atoms with Gasteiger partial charge in [-0.15, -0.1) is 0 Å². The van der Waals surface area contributed by atoms with Gasteiger partial charge >= 0.3 is 5.97 Å². The second kappa shape index (κ2) is 10.2. The van der Waals surface area contributed by atoms with Crippen molar-refractivity contribution in [3.05, 3.63) is 69.8 Å². The van der Waals surface area contributed by atoms with Crippen LogP contribution >= 0.6 is 23.2 Å². The van der Waals surface area contributed by atoms with Crippen molar-refractivity contribution in [2.45, 2.75) is 43.9 Å². The Kier molecular flexibility index (Phi) is 6.38. The molecular formula is C32H27Cl2FN4O4. The van der Waals surface area contributed by atoms with Gasteiger partial charge in [-0.2, -0.15) is 0 Å². The summed E-state index contributed by atoms with van der Waals surface area (Å²) < 4.78 is 25.3. The van der Waals surface area contributed by atoms with Crippen LogP contribution in [0.4, 0.5) is 10.1 Å². The molecular weight excluding hydrogens is 594 g/mol. The zero-order valence-electron chi connectivity index (χ0n) is 22.9. The molecule has 4 heterocycles. The van der Waals surface area contributed by atoms with Crippen LogP contribution < -0.4 is 9.64 Å². The van der Waals surface area contributed by atoms with Gasteiger partial charge in [0.1, 0.15) is 29.5 Å². The fourth-order valence-corrected chi connectivity index (χ4v) is 7.11. The van der Waals surface area contributed by atoms with E-state index in [-0.39, 0.29) is 11.8 Å². The van der Waals surface area contributed by atoms with E-state index in [1.807, 2.05) is 18.2 Å². The van der Waals surface area contributed by atoms with Crippen LogP contribution in [-0.2, 0) is 0 Å². The number of carboxylic acid groups (broad SMARTS) is 1. The van der Waals surface area contributed by atoms with Gasteiger partial charge in [0.05, 0.1) is 15.6 Å². The summed E-state index contributed by atoms with van der Waals surface area (Å²) in [6.45, 7) is 1.81. The minimum atomic E-state index is -1.12. The molecule has 3 aromatic heterocycles. The lowest BCUT2D eigenvalue weighted by Crippen LogP contribution is -2.35. The molecule has 0 radical (unpaired) electrons. The minimum absolute atomic E-state index is 0.0854. The predicted octanol–water partition coefficient (Wildman–Crippen LogP) is 7.44. The lowest BCUT2D eigenvalue weighted by Gasteiger charge is -2.30. The van der Waals surface area contributed by atoms with E-state index < -0.39 is 12.1 Å². The van der Waals surface area contributed by atoms with Gasteiger partial charge in [0.25, 0.3) is 0 Å². The Hall–Kier alpha value is -3.69. The quantitative estimate of drug-likeness (QED) is 0.217. The van der Waals surface area contributed by atoms with Gasteiger partial charge in [-0.05, 0) is 48.8 Å². The fraction of sp³-hybridized carbons (Fsp3) is 0.375. The van der Waals surface area contributed by atoms with Crippen LogP contribution in [-0.4, -0.2) is 51.6 Å². The Labute approximate surface area is 256 Å². The number of fused-ring (bicyclic) bond motifs is 2. The van der Waals surface area contributed by atoms with Gasteiger partial charge < -0.3 is 19.3 Å². The van der Waals surface area contributed by atoms with E-state index in [9.17, 15) is 14.3 Å². The summed E-state index contributed by atoms with van der Waals surface area (Å²) in [7, 11) is 0. The molecule has 220 valence electrons. The molecule has 3 aliphatic carbocycles. The van der Waals surface area contributed by atoms with Crippen LogP contribution in [0.1, 0.15) is 53.4 Å². The predicted molar refractivity (Wildman–Crippen MR) is 161 cm³/mol. The Morgan fingerprint density at radius 1 is 1.12 bits per heavy atom. The molecule has 4 fully saturated rings. The number of hydrogen-bond donors (Lipinski definition) is 1. The van der Waals surface area contributed by atoms with Gasteiger partial charge in [-0.3, -0.25) is 4.98 Å². The number of alkyl halides is 1. The molecule has 43 heavy (non-hydrogen) atoms. The number of carbonyl (C=O) groups is 1. The first-order valence-electron chi connectivity index (χ1n) is 14.5. The van der Waals surface area contributed by atoms with E-state index in [0.29, 0.717) is 69.1 Å². The standard InChI is InChI=1S/C32H27Cl2FN4O4/c33-24-11-36-12-25(34)29(24)30-20(31(43-38-30)15-1-2-15)5-4-19-22-13-39(14-23(19)22)17-3-6-26-21(9-17)28(10-27(37-26)32(40)41)42-18-7-16(35)8-18/h3-6,9-12,15-16,18-19,22-23H,1-2,7-8,13-14H2,(H,40,41)/b5-4+/t16?,18?,22-,23-/m0/s1. The zero-order chi connectivity index (χ0) is 29.4. The fourth-order valence-electron chi connectivity index (χ4n) is 6.57. The SMILES string of the molecule is O=C(O)c1cc(OC2CC(F)C2)c2cc(N3C[C@H]4C(/C=C/c5c(-c6c(Cl)cncc6Cl)noc5C5CC5)[C@@H]4C3)ccc2n1. The highest BCUT2D eigenvalue weighted by atomic mass is 35.5. The summed E-state index contributed by atoms with van der Waals surface area (Å²) in [5.74, 6) is 2.07. The second-order valence-corrected chi connectivity index (χ2v) is 12.9. The van der Waals surface area contributed by atoms with Crippen molar-refractivity contribution in [1.82, 2.24) is 15.1 Å². The summed E-state index contributed by atoms with van der Waals surface area (Å²) in [5, 5.41) is 15.5. The number of nitrogens with zero attached hydrogens (tertiary/aromatic N) is 4. The van der Waals surface area contributed by atoms with Gasteiger partial charge in [0, 0.05) is 72.5 Å². The van der Waals surface area contributed by atoms with Crippen molar-refractivity contribution < 1.29 is 23.6 Å². The lowest BCUT2D eigenvalue weighted by molar-refractivity contribution is 0.0417. The van der Waals surface area contributed by atoms with Crippen LogP contribution in [0.5, 0.6) is 5.75 Å². The van der Waals surface area contributed by atoms with Crippen molar-refractivity contribution >= 4 is 51.8 Å². The lowest BCUT2D eigenvalue weighted by atomic mass is 9.93. The third-order valence-corrected chi connectivity index (χ3v) is 9.78. The van der Waals surface area contributed by atoms with Crippen LogP contribution in [0, 0.1) is 17.8 Å². The maximum atomic E-state index is 13.4. The van der Waals surface area contributed by atoms with Crippen molar-refractivity contribution in [2.75, 3.05) is 18.0 Å². The Morgan fingerprint density at radius 2 is 1.86 bits per heavy atom. The topological polar surface area (TPSA) is 102 Å². The highest BCUT2D eigenvalue weighted by molar-refractivity contribution is 6.39. The van der Waals surface area contributed by atoms with Crippen LogP contribution in [0.15, 0.2) is 47.3 Å². The summed E-state index contributed by atoms with van der Waals surface area (Å²) in [5.41, 5.74) is 3.74. The molecule has 1 saturated heterocycles. The molecule has 4 aromatic rings. The largest absolute Gasteiger partial charge is 0.489 e. The van der Waals surface area contributed by atoms with E-state index in [4.69, 9.17) is 32.5 Å². The molecule has 0 bridgehead atoms. The first-order valence-corrected chi connectivity index (χ1v) is 15.3. The van der Waals surface area contributed by atoms with E-state index in [2.05, 4.69) is 32.2 Å². The normalized spacial score (nSPS) is 26.1. The number of hydrogen-bond acceptors (Lipinski definition) is 7. The number of aromatic nitrogens is 3. The number of allylic oxidation sites excluding steroid dienone is 1. The number of carboxylic acids is 1. The first-order chi connectivity index (χ1) is 20.8. The van der Waals surface area contributed by atoms with Crippen molar-refractivity contribution in [3.63, 3.8) is 0 Å². The van der Waals surface area contributed by atoms with Crippen molar-refractivity contribution in [3.8, 4) is 17.0 Å².